The van der Waals surface area contributed by atoms with Crippen LogP contribution in [0.4, 0.5) is 10.1 Å². The normalized spacial score (nSPS) is 14.1. The summed E-state index contributed by atoms with van der Waals surface area (Å²) < 4.78 is 15.5. The smallest absolute Gasteiger partial charge is 0.268 e. The van der Waals surface area contributed by atoms with Crippen molar-refractivity contribution in [3.05, 3.63) is 48.3 Å². The van der Waals surface area contributed by atoms with Crippen LogP contribution in [0.25, 0.3) is 0 Å². The number of oxime groups is 1. The molecule has 1 amide bonds. The standard InChI is InChI=1S/C16H20FN5O2/c1-10-4-5-14(13(17)8-10)20-16(23)12(3)24-21-15(18)11(2)22-7-6-19-9-22/h4-9,11-12H,1-3H3,(H2,18,21)(H,20,23)/t11-,12+/m1/s1. The van der Waals surface area contributed by atoms with Crippen molar-refractivity contribution in [2.75, 3.05) is 5.32 Å². The number of nitrogens with two attached hydrogens (primary N) is 1. The molecule has 0 fully saturated rings. The lowest BCUT2D eigenvalue weighted by molar-refractivity contribution is -0.126. The number of amidine groups is 1. The molecule has 0 unspecified atom stereocenters. The first-order valence-corrected chi connectivity index (χ1v) is 7.42. The van der Waals surface area contributed by atoms with Gasteiger partial charge < -0.3 is 20.5 Å². The summed E-state index contributed by atoms with van der Waals surface area (Å²) in [6.45, 7) is 5.08. The van der Waals surface area contributed by atoms with E-state index < -0.39 is 17.8 Å². The number of aryl methyl sites for hydroxylation is 1. The maximum Gasteiger partial charge on any atom is 0.268 e. The third-order valence-corrected chi connectivity index (χ3v) is 3.47. The lowest BCUT2D eigenvalue weighted by Crippen LogP contribution is -2.29. The molecule has 24 heavy (non-hydrogen) atoms. The molecule has 0 saturated heterocycles. The number of nitrogens with one attached hydrogen (secondary N) is 1. The highest BCUT2D eigenvalue weighted by atomic mass is 19.1. The second-order valence-corrected chi connectivity index (χ2v) is 5.42. The van der Waals surface area contributed by atoms with Crippen LogP contribution in [0.2, 0.25) is 0 Å². The van der Waals surface area contributed by atoms with Gasteiger partial charge in [-0.25, -0.2) is 9.37 Å². The van der Waals surface area contributed by atoms with Gasteiger partial charge in [0.05, 0.1) is 18.1 Å². The highest BCUT2D eigenvalue weighted by Gasteiger charge is 2.17. The number of aromatic nitrogens is 2. The number of carbonyl (C=O) groups is 1. The number of hydrogen-bond acceptors (Lipinski definition) is 4. The average molecular weight is 333 g/mol. The van der Waals surface area contributed by atoms with Gasteiger partial charge in [0.15, 0.2) is 5.84 Å². The molecular weight excluding hydrogens is 313 g/mol. The van der Waals surface area contributed by atoms with E-state index in [1.165, 1.54) is 19.1 Å². The minimum atomic E-state index is -0.931. The molecule has 1 aromatic heterocycles. The number of hydrogen-bond donors (Lipinski definition) is 2. The molecule has 0 aliphatic carbocycles. The highest BCUT2D eigenvalue weighted by Crippen LogP contribution is 2.16. The van der Waals surface area contributed by atoms with Gasteiger partial charge in [0.25, 0.3) is 5.91 Å². The summed E-state index contributed by atoms with van der Waals surface area (Å²) in [7, 11) is 0. The van der Waals surface area contributed by atoms with Gasteiger partial charge in [0, 0.05) is 12.4 Å². The van der Waals surface area contributed by atoms with Gasteiger partial charge in [-0.3, -0.25) is 4.79 Å². The van der Waals surface area contributed by atoms with E-state index in [-0.39, 0.29) is 17.6 Å². The summed E-state index contributed by atoms with van der Waals surface area (Å²) in [5.74, 6) is -0.842. The number of rotatable bonds is 6. The fourth-order valence-electron chi connectivity index (χ4n) is 1.87. The molecule has 128 valence electrons. The van der Waals surface area contributed by atoms with Crippen molar-refractivity contribution in [1.29, 1.82) is 0 Å². The Morgan fingerprint density at radius 2 is 2.21 bits per heavy atom. The van der Waals surface area contributed by atoms with Gasteiger partial charge in [0.1, 0.15) is 5.82 Å². The molecule has 0 bridgehead atoms. The van der Waals surface area contributed by atoms with Gasteiger partial charge in [0.2, 0.25) is 6.10 Å². The molecule has 1 aromatic carbocycles. The van der Waals surface area contributed by atoms with Crippen molar-refractivity contribution >= 4 is 17.4 Å². The number of benzene rings is 1. The maximum absolute atomic E-state index is 13.7. The summed E-state index contributed by atoms with van der Waals surface area (Å²) >= 11 is 0. The zero-order valence-corrected chi connectivity index (χ0v) is 13.7. The zero-order valence-electron chi connectivity index (χ0n) is 13.7. The molecule has 2 rings (SSSR count). The van der Waals surface area contributed by atoms with Crippen LogP contribution < -0.4 is 11.1 Å². The first-order chi connectivity index (χ1) is 11.4. The Balaban J connectivity index is 1.94. The fraction of sp³-hybridized carbons (Fsp3) is 0.312. The van der Waals surface area contributed by atoms with Crippen LogP contribution in [0.3, 0.4) is 0 Å². The minimum absolute atomic E-state index is 0.0878. The highest BCUT2D eigenvalue weighted by molar-refractivity contribution is 5.94. The van der Waals surface area contributed by atoms with E-state index in [4.69, 9.17) is 10.6 Å². The predicted octanol–water partition coefficient (Wildman–Crippen LogP) is 2.21. The molecule has 1 heterocycles. The van der Waals surface area contributed by atoms with Crippen molar-refractivity contribution in [1.82, 2.24) is 9.55 Å². The number of nitrogens with zero attached hydrogens (tertiary/aromatic N) is 3. The van der Waals surface area contributed by atoms with Crippen LogP contribution in [0.5, 0.6) is 0 Å². The van der Waals surface area contributed by atoms with Crippen molar-refractivity contribution in [3.8, 4) is 0 Å². The van der Waals surface area contributed by atoms with E-state index in [1.807, 2.05) is 6.92 Å². The molecule has 2 atom stereocenters. The lowest BCUT2D eigenvalue weighted by atomic mass is 10.2. The molecule has 2 aromatic rings. The van der Waals surface area contributed by atoms with E-state index in [0.29, 0.717) is 0 Å². The number of imidazole rings is 1. The largest absolute Gasteiger partial charge is 0.383 e. The van der Waals surface area contributed by atoms with Gasteiger partial charge in [-0.05, 0) is 38.5 Å². The van der Waals surface area contributed by atoms with Gasteiger partial charge in [-0.2, -0.15) is 0 Å². The van der Waals surface area contributed by atoms with Crippen LogP contribution in [-0.2, 0) is 9.63 Å². The van der Waals surface area contributed by atoms with E-state index in [2.05, 4.69) is 15.5 Å². The second-order valence-electron chi connectivity index (χ2n) is 5.42. The second kappa shape index (κ2) is 7.58. The predicted molar refractivity (Wildman–Crippen MR) is 88.9 cm³/mol. The van der Waals surface area contributed by atoms with Gasteiger partial charge in [-0.1, -0.05) is 11.2 Å². The summed E-state index contributed by atoms with van der Waals surface area (Å²) in [5, 5.41) is 6.22. The van der Waals surface area contributed by atoms with E-state index >= 15 is 0 Å². The Kier molecular flexibility index (Phi) is 5.51. The molecular formula is C16H20FN5O2. The Hall–Kier alpha value is -2.90. The van der Waals surface area contributed by atoms with Gasteiger partial charge >= 0.3 is 0 Å². The topological polar surface area (TPSA) is 94.5 Å². The van der Waals surface area contributed by atoms with E-state index in [1.54, 1.807) is 36.3 Å². The van der Waals surface area contributed by atoms with Crippen LogP contribution in [0, 0.1) is 12.7 Å². The van der Waals surface area contributed by atoms with Crippen LogP contribution in [-0.4, -0.2) is 27.4 Å². The van der Waals surface area contributed by atoms with Crippen molar-refractivity contribution in [2.45, 2.75) is 32.9 Å². The maximum atomic E-state index is 13.7. The van der Waals surface area contributed by atoms with Crippen LogP contribution >= 0.6 is 0 Å². The Bertz CT molecular complexity index is 730. The third kappa shape index (κ3) is 4.31. The monoisotopic (exact) mass is 333 g/mol. The van der Waals surface area contributed by atoms with Crippen molar-refractivity contribution in [2.24, 2.45) is 10.9 Å². The van der Waals surface area contributed by atoms with E-state index in [0.717, 1.165) is 5.56 Å². The SMILES string of the molecule is Cc1ccc(NC(=O)[C@H](C)O/N=C(\N)[C@@H](C)n2ccnc2)c(F)c1. The summed E-state index contributed by atoms with van der Waals surface area (Å²) in [6, 6.07) is 4.27. The molecule has 0 saturated carbocycles. The number of anilines is 1. The van der Waals surface area contributed by atoms with Crippen LogP contribution in [0.15, 0.2) is 42.1 Å². The Labute approximate surface area is 139 Å². The number of halogens is 1. The fourth-order valence-corrected chi connectivity index (χ4v) is 1.87. The van der Waals surface area contributed by atoms with Crippen molar-refractivity contribution < 1.29 is 14.0 Å². The van der Waals surface area contributed by atoms with E-state index in [9.17, 15) is 9.18 Å². The minimum Gasteiger partial charge on any atom is -0.383 e. The first kappa shape index (κ1) is 17.5. The molecule has 8 heteroatoms. The summed E-state index contributed by atoms with van der Waals surface area (Å²) in [4.78, 5) is 21.1. The number of amides is 1. The molecule has 0 radical (unpaired) electrons. The lowest BCUT2D eigenvalue weighted by Gasteiger charge is -2.14. The first-order valence-electron chi connectivity index (χ1n) is 7.42. The van der Waals surface area contributed by atoms with Crippen LogP contribution in [0.1, 0.15) is 25.5 Å². The van der Waals surface area contributed by atoms with Crippen molar-refractivity contribution in [3.63, 3.8) is 0 Å². The summed E-state index contributed by atoms with van der Waals surface area (Å²) in [6.07, 6.45) is 4.03. The molecule has 3 N–H and O–H groups in total. The third-order valence-electron chi connectivity index (χ3n) is 3.47. The molecule has 0 spiro atoms. The zero-order chi connectivity index (χ0) is 17.7. The molecule has 7 nitrogen and oxygen atoms in total. The van der Waals surface area contributed by atoms with Gasteiger partial charge in [-0.15, -0.1) is 0 Å². The number of carbonyl (C=O) groups excluding carboxylic acids is 1. The average Bonchev–Trinajstić information content (AvgIpc) is 3.08. The molecule has 0 aliphatic heterocycles. The Morgan fingerprint density at radius 3 is 2.83 bits per heavy atom. The summed E-state index contributed by atoms with van der Waals surface area (Å²) in [5.41, 5.74) is 6.69. The quantitative estimate of drug-likeness (QED) is 0.481. The molecule has 0 aliphatic rings. The Morgan fingerprint density at radius 1 is 1.46 bits per heavy atom.